The third-order valence-corrected chi connectivity index (χ3v) is 3.12. The largest absolute Gasteiger partial charge is 0.419 e. The molecule has 22 heavy (non-hydrogen) atoms. The van der Waals surface area contributed by atoms with Gasteiger partial charge in [-0.1, -0.05) is 25.1 Å². The number of nitrogens with zero attached hydrogens (tertiary/aromatic N) is 1. The highest BCUT2D eigenvalue weighted by atomic mass is 19.4. The van der Waals surface area contributed by atoms with Gasteiger partial charge < -0.3 is 4.90 Å². The van der Waals surface area contributed by atoms with Gasteiger partial charge in [0.15, 0.2) is 0 Å². The van der Waals surface area contributed by atoms with Crippen LogP contribution in [-0.2, 0) is 0 Å². The second kappa shape index (κ2) is 8.61. The molecule has 0 amide bonds. The van der Waals surface area contributed by atoms with Crippen LogP contribution in [-0.4, -0.2) is 32.0 Å². The lowest BCUT2D eigenvalue weighted by molar-refractivity contribution is -0.0914. The van der Waals surface area contributed by atoms with Crippen molar-refractivity contribution in [3.8, 4) is 12.3 Å². The maximum atomic E-state index is 13.3. The van der Waals surface area contributed by atoms with Crippen molar-refractivity contribution in [2.75, 3.05) is 13.1 Å². The van der Waals surface area contributed by atoms with Crippen LogP contribution in [0, 0.1) is 19.3 Å². The van der Waals surface area contributed by atoms with Crippen LogP contribution in [0.1, 0.15) is 19.3 Å². The van der Waals surface area contributed by atoms with Gasteiger partial charge in [0.25, 0.3) is 0 Å². The lowest BCUT2D eigenvalue weighted by atomic mass is 9.97. The Morgan fingerprint density at radius 3 is 2.59 bits per heavy atom. The van der Waals surface area contributed by atoms with Gasteiger partial charge in [-0.3, -0.25) is 0 Å². The summed E-state index contributed by atoms with van der Waals surface area (Å²) in [7, 11) is 5.46. The Morgan fingerprint density at radius 2 is 2.05 bits per heavy atom. The predicted molar refractivity (Wildman–Crippen MR) is 84.0 cm³/mol. The summed E-state index contributed by atoms with van der Waals surface area (Å²) >= 11 is 0. The molecule has 1 aliphatic rings. The van der Waals surface area contributed by atoms with Crippen molar-refractivity contribution in [3.63, 3.8) is 0 Å². The van der Waals surface area contributed by atoms with Crippen LogP contribution in [0.4, 0.5) is 13.2 Å². The van der Waals surface area contributed by atoms with E-state index < -0.39 is 11.7 Å². The minimum Gasteiger partial charge on any atom is -0.364 e. The molecule has 5 heteroatoms. The zero-order valence-electron chi connectivity index (χ0n) is 12.4. The summed E-state index contributed by atoms with van der Waals surface area (Å²) < 4.78 is 40.0. The van der Waals surface area contributed by atoms with Gasteiger partial charge in [0.05, 0.1) is 19.1 Å². The van der Waals surface area contributed by atoms with E-state index in [0.29, 0.717) is 44.2 Å². The number of halogens is 3. The van der Waals surface area contributed by atoms with Crippen LogP contribution in [0.3, 0.4) is 0 Å². The molecule has 3 radical (unpaired) electrons. The van der Waals surface area contributed by atoms with E-state index in [1.54, 1.807) is 11.0 Å². The number of hydrogen-bond acceptors (Lipinski definition) is 1. The monoisotopic (exact) mass is 304 g/mol. The maximum absolute atomic E-state index is 13.3. The summed E-state index contributed by atoms with van der Waals surface area (Å²) in [6.45, 7) is 4.43. The Balaban J connectivity index is 3.25. The summed E-state index contributed by atoms with van der Waals surface area (Å²) in [6.07, 6.45) is 6.56. The molecule has 0 atom stereocenters. The smallest absolute Gasteiger partial charge is 0.364 e. The predicted octanol–water partition coefficient (Wildman–Crippen LogP) is 3.98. The van der Waals surface area contributed by atoms with E-state index in [1.807, 2.05) is 0 Å². The van der Waals surface area contributed by atoms with Gasteiger partial charge in [0.2, 0.25) is 0 Å². The fourth-order valence-electron chi connectivity index (χ4n) is 2.09. The molecule has 115 valence electrons. The first-order chi connectivity index (χ1) is 10.4. The van der Waals surface area contributed by atoms with Crippen LogP contribution in [0.25, 0.3) is 0 Å². The van der Waals surface area contributed by atoms with E-state index in [0.717, 1.165) is 6.08 Å². The molecule has 0 fully saturated rings. The summed E-state index contributed by atoms with van der Waals surface area (Å²) in [4.78, 5) is 1.59. The van der Waals surface area contributed by atoms with Crippen molar-refractivity contribution in [1.29, 1.82) is 0 Å². The molecular formula is C17H18BF3N. The standard InChI is InChI=1S/C17H18BF3N/c1-3-5-13-22(12-4-2)16-9-7-14(10-11-18)6-8-15(16)17(19,20)21/h1,6-8H,2,4-5,10-13H2. The second-order valence-corrected chi connectivity index (χ2v) is 4.79. The average molecular weight is 304 g/mol. The van der Waals surface area contributed by atoms with Gasteiger partial charge >= 0.3 is 6.18 Å². The average Bonchev–Trinajstić information content (AvgIpc) is 2.66. The first-order valence-corrected chi connectivity index (χ1v) is 7.07. The van der Waals surface area contributed by atoms with Gasteiger partial charge in [-0.2, -0.15) is 13.2 Å². The van der Waals surface area contributed by atoms with E-state index in [4.69, 9.17) is 14.3 Å². The van der Waals surface area contributed by atoms with Crippen molar-refractivity contribution in [1.82, 2.24) is 4.90 Å². The Morgan fingerprint density at radius 1 is 1.32 bits per heavy atom. The Hall–Kier alpha value is -1.79. The van der Waals surface area contributed by atoms with Crippen molar-refractivity contribution < 1.29 is 13.2 Å². The van der Waals surface area contributed by atoms with E-state index in [2.05, 4.69) is 18.6 Å². The molecule has 0 aromatic heterocycles. The molecule has 0 saturated carbocycles. The van der Waals surface area contributed by atoms with Crippen LogP contribution in [0.5, 0.6) is 0 Å². The number of allylic oxidation sites excluding steroid dienone is 4. The highest BCUT2D eigenvalue weighted by Gasteiger charge is 2.37. The lowest BCUT2D eigenvalue weighted by Crippen LogP contribution is -2.29. The molecule has 0 aromatic carbocycles. The Kier molecular flexibility index (Phi) is 7.15. The number of alkyl halides is 3. The van der Waals surface area contributed by atoms with Crippen molar-refractivity contribution in [3.05, 3.63) is 47.7 Å². The van der Waals surface area contributed by atoms with Crippen molar-refractivity contribution >= 4 is 7.85 Å². The summed E-state index contributed by atoms with van der Waals surface area (Å²) in [6, 6.07) is 0. The number of hydrogen-bond donors (Lipinski definition) is 0. The van der Waals surface area contributed by atoms with Gasteiger partial charge in [-0.05, 0) is 30.6 Å². The SMILES string of the molecule is [B]CCC1=CC=C(C(F)(F)F)C(N(CC[CH2])CCC#C)=C=C1. The first-order valence-electron chi connectivity index (χ1n) is 7.07. The Labute approximate surface area is 131 Å². The van der Waals surface area contributed by atoms with Gasteiger partial charge in [0, 0.05) is 19.5 Å². The third kappa shape index (κ3) is 5.20. The molecule has 1 nitrogen and oxygen atoms in total. The number of terminal acetylenes is 1. The second-order valence-electron chi connectivity index (χ2n) is 4.79. The molecule has 0 aromatic rings. The molecule has 0 N–H and O–H groups in total. The van der Waals surface area contributed by atoms with Crippen LogP contribution >= 0.6 is 0 Å². The van der Waals surface area contributed by atoms with E-state index in [-0.39, 0.29) is 5.70 Å². The molecule has 0 aliphatic heterocycles. The topological polar surface area (TPSA) is 3.24 Å². The highest BCUT2D eigenvalue weighted by molar-refractivity contribution is 6.08. The van der Waals surface area contributed by atoms with E-state index in [1.165, 1.54) is 6.08 Å². The molecule has 0 spiro atoms. The van der Waals surface area contributed by atoms with Crippen LogP contribution in [0.2, 0.25) is 6.32 Å². The minimum atomic E-state index is -4.46. The lowest BCUT2D eigenvalue weighted by Gasteiger charge is -2.27. The van der Waals surface area contributed by atoms with E-state index >= 15 is 0 Å². The molecule has 0 saturated heterocycles. The molecule has 0 heterocycles. The van der Waals surface area contributed by atoms with Crippen molar-refractivity contribution in [2.24, 2.45) is 0 Å². The molecule has 0 bridgehead atoms. The zero-order chi connectivity index (χ0) is 16.6. The first kappa shape index (κ1) is 18.3. The van der Waals surface area contributed by atoms with Gasteiger partial charge in [0.1, 0.15) is 0 Å². The maximum Gasteiger partial charge on any atom is 0.419 e. The van der Waals surface area contributed by atoms with Crippen LogP contribution < -0.4 is 0 Å². The van der Waals surface area contributed by atoms with Gasteiger partial charge in [-0.15, -0.1) is 12.3 Å². The van der Waals surface area contributed by atoms with Crippen molar-refractivity contribution in [2.45, 2.75) is 31.8 Å². The summed E-state index contributed by atoms with van der Waals surface area (Å²) in [5.74, 6) is 2.45. The number of rotatable bonds is 7. The Bertz CT molecular complexity index is 543. The highest BCUT2D eigenvalue weighted by Crippen LogP contribution is 2.34. The summed E-state index contributed by atoms with van der Waals surface area (Å²) in [5.41, 5.74) is 2.78. The summed E-state index contributed by atoms with van der Waals surface area (Å²) in [5, 5.41) is 0. The zero-order valence-corrected chi connectivity index (χ0v) is 12.4. The van der Waals surface area contributed by atoms with Crippen LogP contribution in [0.15, 0.2) is 40.8 Å². The fraction of sp³-hybridized carbons (Fsp3) is 0.412. The van der Waals surface area contributed by atoms with E-state index in [9.17, 15) is 13.2 Å². The molecular weight excluding hydrogens is 286 g/mol. The quantitative estimate of drug-likeness (QED) is 0.391. The third-order valence-electron chi connectivity index (χ3n) is 3.12. The fourth-order valence-corrected chi connectivity index (χ4v) is 2.09. The molecule has 1 rings (SSSR count). The molecule has 1 aliphatic carbocycles. The minimum absolute atomic E-state index is 0.00896. The van der Waals surface area contributed by atoms with Gasteiger partial charge in [-0.25, -0.2) is 0 Å². The normalized spacial score (nSPS) is 14.6. The molecule has 0 unspecified atom stereocenters.